The SMILES string of the molecule is CCC(C(=O)Nc1ccc(C)cc1C)N(c1ccc(Cl)cc1)S(C)(=O)=O. The van der Waals surface area contributed by atoms with Crippen molar-refractivity contribution >= 4 is 38.9 Å². The molecule has 1 N–H and O–H groups in total. The van der Waals surface area contributed by atoms with E-state index in [1.807, 2.05) is 32.0 Å². The van der Waals surface area contributed by atoms with E-state index >= 15 is 0 Å². The van der Waals surface area contributed by atoms with E-state index in [4.69, 9.17) is 11.6 Å². The van der Waals surface area contributed by atoms with Gasteiger partial charge in [-0.05, 0) is 56.2 Å². The molecule has 1 unspecified atom stereocenters. The molecule has 1 amide bonds. The zero-order valence-corrected chi connectivity index (χ0v) is 16.9. The Hall–Kier alpha value is -2.05. The van der Waals surface area contributed by atoms with Gasteiger partial charge in [0.1, 0.15) is 6.04 Å². The average Bonchev–Trinajstić information content (AvgIpc) is 2.55. The molecule has 2 aromatic rings. The van der Waals surface area contributed by atoms with Crippen LogP contribution in [0, 0.1) is 13.8 Å². The average molecular weight is 395 g/mol. The first kappa shape index (κ1) is 20.3. The van der Waals surface area contributed by atoms with Crippen LogP contribution in [0.15, 0.2) is 42.5 Å². The number of hydrogen-bond donors (Lipinski definition) is 1. The minimum absolute atomic E-state index is 0.326. The Bertz CT molecular complexity index is 896. The van der Waals surface area contributed by atoms with E-state index in [1.54, 1.807) is 31.2 Å². The van der Waals surface area contributed by atoms with Gasteiger partial charge in [-0.1, -0.05) is 36.2 Å². The van der Waals surface area contributed by atoms with E-state index in [1.165, 1.54) is 0 Å². The Morgan fingerprint density at radius 3 is 2.27 bits per heavy atom. The molecule has 0 bridgehead atoms. The monoisotopic (exact) mass is 394 g/mol. The van der Waals surface area contributed by atoms with Gasteiger partial charge in [0.15, 0.2) is 0 Å². The molecule has 2 aromatic carbocycles. The van der Waals surface area contributed by atoms with Crippen LogP contribution in [0.5, 0.6) is 0 Å². The summed E-state index contributed by atoms with van der Waals surface area (Å²) >= 11 is 5.90. The molecule has 7 heteroatoms. The molecular formula is C19H23ClN2O3S. The summed E-state index contributed by atoms with van der Waals surface area (Å²) < 4.78 is 25.9. The normalized spacial score (nSPS) is 12.5. The summed E-state index contributed by atoms with van der Waals surface area (Å²) in [7, 11) is -3.67. The van der Waals surface area contributed by atoms with Crippen molar-refractivity contribution in [3.05, 3.63) is 58.6 Å². The highest BCUT2D eigenvalue weighted by Crippen LogP contribution is 2.25. The Kier molecular flexibility index (Phi) is 6.31. The molecular weight excluding hydrogens is 372 g/mol. The molecule has 0 radical (unpaired) electrons. The van der Waals surface area contributed by atoms with Crippen molar-refractivity contribution in [3.8, 4) is 0 Å². The number of carbonyl (C=O) groups excluding carboxylic acids is 1. The Labute approximate surface area is 160 Å². The third-order valence-corrected chi connectivity index (χ3v) is 5.48. The van der Waals surface area contributed by atoms with Crippen LogP contribution in [0.1, 0.15) is 24.5 Å². The number of anilines is 2. The maximum atomic E-state index is 12.9. The summed E-state index contributed by atoms with van der Waals surface area (Å²) in [6.07, 6.45) is 1.42. The number of benzene rings is 2. The highest BCUT2D eigenvalue weighted by atomic mass is 35.5. The molecule has 0 aromatic heterocycles. The van der Waals surface area contributed by atoms with Gasteiger partial charge in [-0.15, -0.1) is 0 Å². The molecule has 26 heavy (non-hydrogen) atoms. The largest absolute Gasteiger partial charge is 0.324 e. The molecule has 140 valence electrons. The molecule has 0 aliphatic rings. The van der Waals surface area contributed by atoms with Gasteiger partial charge in [-0.25, -0.2) is 8.42 Å². The zero-order valence-electron chi connectivity index (χ0n) is 15.3. The molecule has 2 rings (SSSR count). The maximum Gasteiger partial charge on any atom is 0.248 e. The summed E-state index contributed by atoms with van der Waals surface area (Å²) in [5.74, 6) is -0.375. The molecule has 5 nitrogen and oxygen atoms in total. The van der Waals surface area contributed by atoms with E-state index in [-0.39, 0.29) is 5.91 Å². The number of amides is 1. The van der Waals surface area contributed by atoms with Crippen LogP contribution in [0.25, 0.3) is 0 Å². The Morgan fingerprint density at radius 2 is 1.77 bits per heavy atom. The lowest BCUT2D eigenvalue weighted by Crippen LogP contribution is -2.47. The van der Waals surface area contributed by atoms with Crippen molar-refractivity contribution in [1.29, 1.82) is 0 Å². The lowest BCUT2D eigenvalue weighted by Gasteiger charge is -2.30. The zero-order chi connectivity index (χ0) is 19.5. The van der Waals surface area contributed by atoms with Crippen LogP contribution in [0.2, 0.25) is 5.02 Å². The first-order chi connectivity index (χ1) is 12.1. The molecule has 0 saturated carbocycles. The highest BCUT2D eigenvalue weighted by molar-refractivity contribution is 7.92. The Morgan fingerprint density at radius 1 is 1.15 bits per heavy atom. The molecule has 1 atom stereocenters. The first-order valence-electron chi connectivity index (χ1n) is 8.26. The number of aryl methyl sites for hydroxylation is 2. The van der Waals surface area contributed by atoms with E-state index in [9.17, 15) is 13.2 Å². The summed E-state index contributed by atoms with van der Waals surface area (Å²) in [6.45, 7) is 5.65. The highest BCUT2D eigenvalue weighted by Gasteiger charge is 2.31. The van der Waals surface area contributed by atoms with Gasteiger partial charge >= 0.3 is 0 Å². The van der Waals surface area contributed by atoms with Crippen LogP contribution in [0.4, 0.5) is 11.4 Å². The second kappa shape index (κ2) is 8.10. The van der Waals surface area contributed by atoms with E-state index in [0.717, 1.165) is 21.7 Å². The van der Waals surface area contributed by atoms with Gasteiger partial charge < -0.3 is 5.32 Å². The fourth-order valence-corrected chi connectivity index (χ4v) is 4.16. The van der Waals surface area contributed by atoms with Crippen molar-refractivity contribution in [1.82, 2.24) is 0 Å². The number of nitrogens with one attached hydrogen (secondary N) is 1. The molecule has 0 aliphatic carbocycles. The van der Waals surface area contributed by atoms with Crippen LogP contribution in [-0.2, 0) is 14.8 Å². The molecule has 0 spiro atoms. The lowest BCUT2D eigenvalue weighted by molar-refractivity contribution is -0.117. The summed E-state index contributed by atoms with van der Waals surface area (Å²) in [6, 6.07) is 11.2. The van der Waals surface area contributed by atoms with E-state index in [0.29, 0.717) is 22.8 Å². The topological polar surface area (TPSA) is 66.5 Å². The predicted octanol–water partition coefficient (Wildman–Crippen LogP) is 4.14. The van der Waals surface area contributed by atoms with Crippen molar-refractivity contribution in [2.24, 2.45) is 0 Å². The standard InChI is InChI=1S/C19H23ClN2O3S/c1-5-18(19(23)21-17-11-6-13(2)12-14(17)3)22(26(4,24)25)16-9-7-15(20)8-10-16/h6-12,18H,5H2,1-4H3,(H,21,23). The van der Waals surface area contributed by atoms with Gasteiger partial charge in [0, 0.05) is 10.7 Å². The second-order valence-electron chi connectivity index (χ2n) is 6.27. The smallest absolute Gasteiger partial charge is 0.248 e. The molecule has 0 heterocycles. The van der Waals surface area contributed by atoms with Crippen molar-refractivity contribution in [2.45, 2.75) is 33.2 Å². The second-order valence-corrected chi connectivity index (χ2v) is 8.56. The van der Waals surface area contributed by atoms with Gasteiger partial charge in [0.2, 0.25) is 15.9 Å². The maximum absolute atomic E-state index is 12.9. The molecule has 0 saturated heterocycles. The van der Waals surface area contributed by atoms with E-state index < -0.39 is 16.1 Å². The predicted molar refractivity (Wildman–Crippen MR) is 107 cm³/mol. The van der Waals surface area contributed by atoms with Crippen molar-refractivity contribution in [2.75, 3.05) is 15.9 Å². The van der Waals surface area contributed by atoms with Gasteiger partial charge in [0.05, 0.1) is 11.9 Å². The van der Waals surface area contributed by atoms with Crippen molar-refractivity contribution in [3.63, 3.8) is 0 Å². The minimum atomic E-state index is -3.67. The lowest BCUT2D eigenvalue weighted by atomic mass is 10.1. The number of hydrogen-bond acceptors (Lipinski definition) is 3. The molecule has 0 fully saturated rings. The fourth-order valence-electron chi connectivity index (χ4n) is 2.82. The number of halogens is 1. The number of nitrogens with zero attached hydrogens (tertiary/aromatic N) is 1. The van der Waals surface area contributed by atoms with Crippen LogP contribution < -0.4 is 9.62 Å². The van der Waals surface area contributed by atoms with Gasteiger partial charge in [-0.2, -0.15) is 0 Å². The van der Waals surface area contributed by atoms with Gasteiger partial charge in [-0.3, -0.25) is 9.10 Å². The summed E-state index contributed by atoms with van der Waals surface area (Å²) in [5.41, 5.74) is 3.08. The first-order valence-corrected chi connectivity index (χ1v) is 10.5. The third-order valence-electron chi connectivity index (χ3n) is 4.05. The third kappa shape index (κ3) is 4.77. The number of carbonyl (C=O) groups is 1. The van der Waals surface area contributed by atoms with Crippen LogP contribution in [-0.4, -0.2) is 26.6 Å². The van der Waals surface area contributed by atoms with Crippen molar-refractivity contribution < 1.29 is 13.2 Å². The van der Waals surface area contributed by atoms with Gasteiger partial charge in [0.25, 0.3) is 0 Å². The summed E-state index contributed by atoms with van der Waals surface area (Å²) in [5, 5.41) is 3.35. The molecule has 0 aliphatic heterocycles. The quantitative estimate of drug-likeness (QED) is 0.800. The number of sulfonamides is 1. The fraction of sp³-hybridized carbons (Fsp3) is 0.316. The minimum Gasteiger partial charge on any atom is -0.324 e. The Balaban J connectivity index is 2.38. The van der Waals surface area contributed by atoms with E-state index in [2.05, 4.69) is 5.32 Å². The van der Waals surface area contributed by atoms with Crippen LogP contribution >= 0.6 is 11.6 Å². The number of rotatable bonds is 6. The van der Waals surface area contributed by atoms with Crippen LogP contribution in [0.3, 0.4) is 0 Å². The summed E-state index contributed by atoms with van der Waals surface area (Å²) in [4.78, 5) is 12.9.